The molecule has 1 aliphatic carbocycles. The van der Waals surface area contributed by atoms with Gasteiger partial charge in [-0.25, -0.2) is 0 Å². The topological polar surface area (TPSA) is 56.1 Å². The van der Waals surface area contributed by atoms with Gasteiger partial charge in [-0.05, 0) is 58.2 Å². The maximum atomic E-state index is 12.2. The van der Waals surface area contributed by atoms with Crippen molar-refractivity contribution in [2.45, 2.75) is 59.4 Å². The van der Waals surface area contributed by atoms with E-state index < -0.39 is 5.41 Å². The Morgan fingerprint density at radius 1 is 1.45 bits per heavy atom. The summed E-state index contributed by atoms with van der Waals surface area (Å²) in [5.41, 5.74) is -0.744. The smallest absolute Gasteiger partial charge is 0.240 e. The van der Waals surface area contributed by atoms with Gasteiger partial charge in [-0.2, -0.15) is 5.26 Å². The van der Waals surface area contributed by atoms with Crippen molar-refractivity contribution in [2.75, 3.05) is 19.6 Å². The van der Waals surface area contributed by atoms with Crippen LogP contribution in [0, 0.1) is 22.7 Å². The van der Waals surface area contributed by atoms with Gasteiger partial charge in [0.25, 0.3) is 0 Å². The fourth-order valence-corrected chi connectivity index (χ4v) is 3.05. The molecule has 1 N–H and O–H groups in total. The van der Waals surface area contributed by atoms with E-state index in [0.29, 0.717) is 18.8 Å². The summed E-state index contributed by atoms with van der Waals surface area (Å²) in [5.74, 6) is 0.437. The van der Waals surface area contributed by atoms with Crippen LogP contribution >= 0.6 is 0 Å². The highest BCUT2D eigenvalue weighted by Crippen LogP contribution is 2.45. The summed E-state index contributed by atoms with van der Waals surface area (Å²) < 4.78 is 0. The van der Waals surface area contributed by atoms with E-state index in [2.05, 4.69) is 37.1 Å². The summed E-state index contributed by atoms with van der Waals surface area (Å²) in [6.07, 6.45) is 3.47. The molecule has 0 aliphatic heterocycles. The predicted molar refractivity (Wildman–Crippen MR) is 81.1 cm³/mol. The third-order valence-corrected chi connectivity index (χ3v) is 4.43. The highest BCUT2D eigenvalue weighted by atomic mass is 16.2. The van der Waals surface area contributed by atoms with Crippen molar-refractivity contribution in [3.05, 3.63) is 0 Å². The van der Waals surface area contributed by atoms with Crippen LogP contribution in [0.4, 0.5) is 0 Å². The first-order chi connectivity index (χ1) is 9.47. The van der Waals surface area contributed by atoms with Gasteiger partial charge in [-0.1, -0.05) is 20.8 Å². The number of amides is 1. The summed E-state index contributed by atoms with van der Waals surface area (Å²) in [6.45, 7) is 11.7. The van der Waals surface area contributed by atoms with Gasteiger partial charge < -0.3 is 10.2 Å². The van der Waals surface area contributed by atoms with Crippen molar-refractivity contribution in [2.24, 2.45) is 11.3 Å². The zero-order valence-corrected chi connectivity index (χ0v) is 13.4. The maximum absolute atomic E-state index is 12.2. The predicted octanol–water partition coefficient (Wildman–Crippen LogP) is 2.55. The molecule has 1 aliphatic rings. The summed E-state index contributed by atoms with van der Waals surface area (Å²) in [7, 11) is 0. The van der Waals surface area contributed by atoms with Gasteiger partial charge in [-0.3, -0.25) is 4.79 Å². The SMILES string of the molecule is CCN(CC)CCCC(C)NC(=O)C1(C#N)CC(C)C1. The lowest BCUT2D eigenvalue weighted by molar-refractivity contribution is -0.134. The van der Waals surface area contributed by atoms with E-state index in [1.807, 2.05) is 6.92 Å². The van der Waals surface area contributed by atoms with E-state index >= 15 is 0 Å². The maximum Gasteiger partial charge on any atom is 0.240 e. The molecule has 1 fully saturated rings. The zero-order chi connectivity index (χ0) is 15.2. The van der Waals surface area contributed by atoms with Gasteiger partial charge in [-0.15, -0.1) is 0 Å². The van der Waals surface area contributed by atoms with Crippen molar-refractivity contribution >= 4 is 5.91 Å². The van der Waals surface area contributed by atoms with Crippen molar-refractivity contribution < 1.29 is 4.79 Å². The zero-order valence-electron chi connectivity index (χ0n) is 13.4. The van der Waals surface area contributed by atoms with Crippen LogP contribution in [0.5, 0.6) is 0 Å². The molecule has 4 heteroatoms. The summed E-state index contributed by atoms with van der Waals surface area (Å²) >= 11 is 0. The van der Waals surface area contributed by atoms with Crippen molar-refractivity contribution in [3.8, 4) is 6.07 Å². The first kappa shape index (κ1) is 17.0. The minimum Gasteiger partial charge on any atom is -0.352 e. The van der Waals surface area contributed by atoms with Crippen LogP contribution in [-0.4, -0.2) is 36.5 Å². The Balaban J connectivity index is 2.30. The fourth-order valence-electron chi connectivity index (χ4n) is 3.05. The van der Waals surface area contributed by atoms with Gasteiger partial charge in [0.15, 0.2) is 0 Å². The van der Waals surface area contributed by atoms with Crippen LogP contribution in [0.3, 0.4) is 0 Å². The van der Waals surface area contributed by atoms with Crippen molar-refractivity contribution in [1.82, 2.24) is 10.2 Å². The molecule has 0 heterocycles. The molecule has 0 aromatic heterocycles. The largest absolute Gasteiger partial charge is 0.352 e. The second-order valence-corrected chi connectivity index (χ2v) is 6.25. The Morgan fingerprint density at radius 3 is 2.50 bits per heavy atom. The van der Waals surface area contributed by atoms with Gasteiger partial charge in [0.05, 0.1) is 6.07 Å². The number of nitriles is 1. The number of nitrogens with one attached hydrogen (secondary N) is 1. The lowest BCUT2D eigenvalue weighted by Gasteiger charge is -2.39. The second-order valence-electron chi connectivity index (χ2n) is 6.25. The normalized spacial score (nSPS) is 26.7. The summed E-state index contributed by atoms with van der Waals surface area (Å²) in [6, 6.07) is 2.37. The van der Waals surface area contributed by atoms with E-state index in [1.165, 1.54) is 0 Å². The Morgan fingerprint density at radius 2 is 2.05 bits per heavy atom. The van der Waals surface area contributed by atoms with Crippen LogP contribution in [0.15, 0.2) is 0 Å². The average molecular weight is 279 g/mol. The summed E-state index contributed by atoms with van der Waals surface area (Å²) in [5, 5.41) is 12.3. The molecule has 0 bridgehead atoms. The molecule has 1 amide bonds. The van der Waals surface area contributed by atoms with Crippen LogP contribution in [0.2, 0.25) is 0 Å². The minimum absolute atomic E-state index is 0.0616. The first-order valence-electron chi connectivity index (χ1n) is 7.92. The van der Waals surface area contributed by atoms with E-state index in [-0.39, 0.29) is 11.9 Å². The Kier molecular flexibility index (Phi) is 6.48. The minimum atomic E-state index is -0.744. The van der Waals surface area contributed by atoms with Crippen LogP contribution in [-0.2, 0) is 4.79 Å². The number of nitrogens with zero attached hydrogens (tertiary/aromatic N) is 2. The molecule has 1 saturated carbocycles. The van der Waals surface area contributed by atoms with Gasteiger partial charge in [0.1, 0.15) is 5.41 Å². The second kappa shape index (κ2) is 7.64. The Bertz CT molecular complexity index is 351. The molecule has 0 radical (unpaired) electrons. The third kappa shape index (κ3) is 4.21. The molecule has 1 unspecified atom stereocenters. The van der Waals surface area contributed by atoms with E-state index in [0.717, 1.165) is 32.5 Å². The lowest BCUT2D eigenvalue weighted by atomic mass is 9.63. The van der Waals surface area contributed by atoms with Gasteiger partial charge in [0.2, 0.25) is 5.91 Å². The van der Waals surface area contributed by atoms with E-state index in [9.17, 15) is 10.1 Å². The molecular formula is C16H29N3O. The van der Waals surface area contributed by atoms with Crippen molar-refractivity contribution in [3.63, 3.8) is 0 Å². The molecule has 4 nitrogen and oxygen atoms in total. The quantitative estimate of drug-likeness (QED) is 0.743. The molecule has 0 saturated heterocycles. The van der Waals surface area contributed by atoms with Gasteiger partial charge in [0, 0.05) is 6.04 Å². The van der Waals surface area contributed by atoms with E-state index in [1.54, 1.807) is 0 Å². The molecule has 1 rings (SSSR count). The molecular weight excluding hydrogens is 250 g/mol. The third-order valence-electron chi connectivity index (χ3n) is 4.43. The van der Waals surface area contributed by atoms with Gasteiger partial charge >= 0.3 is 0 Å². The standard InChI is InChI=1S/C16H29N3O/c1-5-19(6-2)9-7-8-14(4)18-15(20)16(12-17)10-13(3)11-16/h13-14H,5-11H2,1-4H3,(H,18,20). The average Bonchev–Trinajstić information content (AvgIpc) is 2.39. The number of hydrogen-bond donors (Lipinski definition) is 1. The molecule has 114 valence electrons. The highest BCUT2D eigenvalue weighted by Gasteiger charge is 2.49. The number of rotatable bonds is 8. The lowest BCUT2D eigenvalue weighted by Crippen LogP contribution is -2.50. The van der Waals surface area contributed by atoms with Crippen LogP contribution in [0.1, 0.15) is 53.4 Å². The van der Waals surface area contributed by atoms with Crippen LogP contribution in [0.25, 0.3) is 0 Å². The molecule has 0 spiro atoms. The molecule has 1 atom stereocenters. The molecule has 20 heavy (non-hydrogen) atoms. The number of carbonyl (C=O) groups is 1. The molecule has 0 aromatic rings. The Hall–Kier alpha value is -1.08. The fraction of sp³-hybridized carbons (Fsp3) is 0.875. The Labute approximate surface area is 123 Å². The number of hydrogen-bond acceptors (Lipinski definition) is 3. The number of carbonyl (C=O) groups excluding carboxylic acids is 1. The van der Waals surface area contributed by atoms with Crippen molar-refractivity contribution in [1.29, 1.82) is 5.26 Å². The monoisotopic (exact) mass is 279 g/mol. The van der Waals surface area contributed by atoms with E-state index in [4.69, 9.17) is 0 Å². The first-order valence-corrected chi connectivity index (χ1v) is 7.92. The molecule has 0 aromatic carbocycles. The highest BCUT2D eigenvalue weighted by molar-refractivity contribution is 5.86. The summed E-state index contributed by atoms with van der Waals surface area (Å²) in [4.78, 5) is 14.6. The van der Waals surface area contributed by atoms with Crippen LogP contribution < -0.4 is 5.32 Å².